The summed E-state index contributed by atoms with van der Waals surface area (Å²) in [4.78, 5) is 17.4. The first-order valence-electron chi connectivity index (χ1n) is 10.0. The van der Waals surface area contributed by atoms with Gasteiger partial charge in [-0.3, -0.25) is 14.6 Å². The molecular weight excluding hydrogens is 302 g/mol. The number of likely N-dealkylation sites (tertiary alicyclic amines) is 1. The van der Waals surface area contributed by atoms with Crippen LogP contribution in [0.15, 0.2) is 0 Å². The number of nitrogens with one attached hydrogen (secondary N) is 1. The van der Waals surface area contributed by atoms with Crippen LogP contribution >= 0.6 is 0 Å². The average Bonchev–Trinajstić information content (AvgIpc) is 3.26. The Morgan fingerprint density at radius 3 is 2.54 bits per heavy atom. The van der Waals surface area contributed by atoms with Gasteiger partial charge in [0.05, 0.1) is 13.2 Å². The zero-order valence-corrected chi connectivity index (χ0v) is 15.3. The van der Waals surface area contributed by atoms with Crippen LogP contribution in [-0.4, -0.2) is 74.2 Å². The molecule has 2 aliphatic heterocycles. The number of amides is 1. The number of morpholine rings is 1. The van der Waals surface area contributed by atoms with Gasteiger partial charge in [-0.25, -0.2) is 0 Å². The van der Waals surface area contributed by atoms with E-state index >= 15 is 0 Å². The molecule has 3 aliphatic rings. The van der Waals surface area contributed by atoms with E-state index in [1.807, 2.05) is 0 Å². The molecule has 2 heterocycles. The summed E-state index contributed by atoms with van der Waals surface area (Å²) < 4.78 is 5.40. The molecule has 0 aromatic rings. The molecule has 0 aromatic carbocycles. The van der Waals surface area contributed by atoms with E-state index in [-0.39, 0.29) is 11.8 Å². The molecular formula is C19H35N3O2. The predicted octanol–water partition coefficient (Wildman–Crippen LogP) is 1.73. The Balaban J connectivity index is 1.32. The van der Waals surface area contributed by atoms with Gasteiger partial charge in [0, 0.05) is 51.2 Å². The lowest BCUT2D eigenvalue weighted by atomic mass is 9.94. The van der Waals surface area contributed by atoms with Gasteiger partial charge in [-0.05, 0) is 18.8 Å². The lowest BCUT2D eigenvalue weighted by Crippen LogP contribution is -2.43. The van der Waals surface area contributed by atoms with Crippen LogP contribution in [0.3, 0.4) is 0 Å². The Morgan fingerprint density at radius 2 is 1.79 bits per heavy atom. The van der Waals surface area contributed by atoms with E-state index < -0.39 is 0 Å². The molecule has 2 atom stereocenters. The molecule has 5 nitrogen and oxygen atoms in total. The third-order valence-corrected chi connectivity index (χ3v) is 6.06. The largest absolute Gasteiger partial charge is 0.379 e. The molecule has 0 spiro atoms. The summed E-state index contributed by atoms with van der Waals surface area (Å²) in [6, 6.07) is 0.355. The van der Waals surface area contributed by atoms with E-state index in [0.717, 1.165) is 71.2 Å². The van der Waals surface area contributed by atoms with Crippen molar-refractivity contribution >= 4 is 5.91 Å². The number of carbonyl (C=O) groups excluding carboxylic acids is 1. The molecule has 2 saturated heterocycles. The maximum Gasteiger partial charge on any atom is 0.223 e. The first-order valence-corrected chi connectivity index (χ1v) is 10.0. The first kappa shape index (κ1) is 18.2. The van der Waals surface area contributed by atoms with Crippen molar-refractivity contribution < 1.29 is 9.53 Å². The second kappa shape index (κ2) is 9.16. The molecule has 0 aromatic heterocycles. The molecule has 0 radical (unpaired) electrons. The zero-order valence-electron chi connectivity index (χ0n) is 15.3. The minimum Gasteiger partial charge on any atom is -0.379 e. The number of carbonyl (C=O) groups is 1. The first-order chi connectivity index (χ1) is 11.7. The fourth-order valence-electron chi connectivity index (χ4n) is 4.46. The number of hydrogen-bond acceptors (Lipinski definition) is 4. The van der Waals surface area contributed by atoms with Crippen molar-refractivity contribution in [1.29, 1.82) is 0 Å². The van der Waals surface area contributed by atoms with Crippen molar-refractivity contribution in [2.45, 2.75) is 51.5 Å². The predicted molar refractivity (Wildman–Crippen MR) is 96.0 cm³/mol. The SMILES string of the molecule is C[C@@H](CC1CCCC1)C(=O)N[C@H]1CCN(CCN2CCOCC2)C1. The average molecular weight is 338 g/mol. The van der Waals surface area contributed by atoms with Crippen molar-refractivity contribution in [3.63, 3.8) is 0 Å². The highest BCUT2D eigenvalue weighted by atomic mass is 16.5. The van der Waals surface area contributed by atoms with Crippen molar-refractivity contribution in [3.8, 4) is 0 Å². The standard InChI is InChI=1S/C19H35N3O2/c1-16(14-17-4-2-3-5-17)19(23)20-18-6-7-22(15-18)9-8-21-10-12-24-13-11-21/h16-18H,2-15H2,1H3,(H,20,23)/t16-,18-/m0/s1. The maximum atomic E-state index is 12.4. The van der Waals surface area contributed by atoms with E-state index in [4.69, 9.17) is 4.74 Å². The van der Waals surface area contributed by atoms with E-state index in [1.54, 1.807) is 0 Å². The van der Waals surface area contributed by atoms with Gasteiger partial charge in [-0.1, -0.05) is 32.6 Å². The highest BCUT2D eigenvalue weighted by Gasteiger charge is 2.27. The summed E-state index contributed by atoms with van der Waals surface area (Å²) in [6.07, 6.45) is 7.57. The van der Waals surface area contributed by atoms with Crippen molar-refractivity contribution in [2.24, 2.45) is 11.8 Å². The van der Waals surface area contributed by atoms with Gasteiger partial charge in [0.25, 0.3) is 0 Å². The normalized spacial score (nSPS) is 28.3. The van der Waals surface area contributed by atoms with Crippen LogP contribution in [0.4, 0.5) is 0 Å². The van der Waals surface area contributed by atoms with Crippen LogP contribution in [0, 0.1) is 11.8 Å². The quantitative estimate of drug-likeness (QED) is 0.768. The van der Waals surface area contributed by atoms with E-state index in [1.165, 1.54) is 25.7 Å². The Bertz CT molecular complexity index is 392. The Kier molecular flexibility index (Phi) is 6.93. The number of ether oxygens (including phenoxy) is 1. The molecule has 1 N–H and O–H groups in total. The van der Waals surface area contributed by atoms with Gasteiger partial charge < -0.3 is 10.1 Å². The summed E-state index contributed by atoms with van der Waals surface area (Å²) >= 11 is 0. The van der Waals surface area contributed by atoms with E-state index in [0.29, 0.717) is 6.04 Å². The lowest BCUT2D eigenvalue weighted by molar-refractivity contribution is -0.125. The second-order valence-corrected chi connectivity index (χ2v) is 8.04. The van der Waals surface area contributed by atoms with Crippen molar-refractivity contribution in [2.75, 3.05) is 52.5 Å². The van der Waals surface area contributed by atoms with Crippen LogP contribution in [0.5, 0.6) is 0 Å². The van der Waals surface area contributed by atoms with Crippen molar-refractivity contribution in [1.82, 2.24) is 15.1 Å². The summed E-state index contributed by atoms with van der Waals surface area (Å²) in [6.45, 7) is 10.4. The Labute approximate surface area is 147 Å². The summed E-state index contributed by atoms with van der Waals surface area (Å²) in [5.41, 5.74) is 0. The van der Waals surface area contributed by atoms with Gasteiger partial charge in [0.1, 0.15) is 0 Å². The van der Waals surface area contributed by atoms with Gasteiger partial charge in [-0.15, -0.1) is 0 Å². The summed E-state index contributed by atoms with van der Waals surface area (Å²) in [7, 11) is 0. The highest BCUT2D eigenvalue weighted by molar-refractivity contribution is 5.78. The smallest absolute Gasteiger partial charge is 0.223 e. The summed E-state index contributed by atoms with van der Waals surface area (Å²) in [5, 5.41) is 3.31. The van der Waals surface area contributed by atoms with Crippen LogP contribution in [0.2, 0.25) is 0 Å². The van der Waals surface area contributed by atoms with Crippen LogP contribution < -0.4 is 5.32 Å². The fourth-order valence-corrected chi connectivity index (χ4v) is 4.46. The summed E-state index contributed by atoms with van der Waals surface area (Å²) in [5.74, 6) is 1.25. The Hall–Kier alpha value is -0.650. The molecule has 0 unspecified atom stereocenters. The molecule has 1 aliphatic carbocycles. The van der Waals surface area contributed by atoms with Gasteiger partial charge in [0.15, 0.2) is 0 Å². The molecule has 24 heavy (non-hydrogen) atoms. The number of hydrogen-bond donors (Lipinski definition) is 1. The molecule has 3 fully saturated rings. The molecule has 0 bridgehead atoms. The van der Waals surface area contributed by atoms with Crippen LogP contribution in [0.1, 0.15) is 45.4 Å². The fraction of sp³-hybridized carbons (Fsp3) is 0.947. The van der Waals surface area contributed by atoms with Crippen molar-refractivity contribution in [3.05, 3.63) is 0 Å². The minimum absolute atomic E-state index is 0.176. The Morgan fingerprint density at radius 1 is 1.08 bits per heavy atom. The molecule has 1 amide bonds. The number of rotatable bonds is 7. The lowest BCUT2D eigenvalue weighted by Gasteiger charge is -2.28. The molecule has 138 valence electrons. The minimum atomic E-state index is 0.176. The monoisotopic (exact) mass is 337 g/mol. The zero-order chi connectivity index (χ0) is 16.8. The molecule has 5 heteroatoms. The van der Waals surface area contributed by atoms with E-state index in [2.05, 4.69) is 22.0 Å². The topological polar surface area (TPSA) is 44.8 Å². The molecule has 1 saturated carbocycles. The van der Waals surface area contributed by atoms with Crippen LogP contribution in [0.25, 0.3) is 0 Å². The van der Waals surface area contributed by atoms with Gasteiger partial charge in [0.2, 0.25) is 5.91 Å². The maximum absolute atomic E-state index is 12.4. The van der Waals surface area contributed by atoms with E-state index in [9.17, 15) is 4.79 Å². The molecule has 3 rings (SSSR count). The van der Waals surface area contributed by atoms with Crippen LogP contribution in [-0.2, 0) is 9.53 Å². The van der Waals surface area contributed by atoms with Gasteiger partial charge >= 0.3 is 0 Å². The third-order valence-electron chi connectivity index (χ3n) is 6.06. The van der Waals surface area contributed by atoms with Gasteiger partial charge in [-0.2, -0.15) is 0 Å². The number of nitrogens with zero attached hydrogens (tertiary/aromatic N) is 2. The third kappa shape index (κ3) is 5.43. The second-order valence-electron chi connectivity index (χ2n) is 8.04. The highest BCUT2D eigenvalue weighted by Crippen LogP contribution is 2.30.